The molecule has 4 rings (SSSR count). The predicted octanol–water partition coefficient (Wildman–Crippen LogP) is 2.66. The predicted molar refractivity (Wildman–Crippen MR) is 110 cm³/mol. The van der Waals surface area contributed by atoms with Gasteiger partial charge in [0.25, 0.3) is 5.91 Å². The smallest absolute Gasteiger partial charge is 0.251 e. The zero-order valence-electron chi connectivity index (χ0n) is 16.5. The molecule has 2 aromatic carbocycles. The van der Waals surface area contributed by atoms with Gasteiger partial charge in [0.1, 0.15) is 0 Å². The molecule has 2 heterocycles. The lowest BCUT2D eigenvalue weighted by Gasteiger charge is -2.26. The average Bonchev–Trinajstić information content (AvgIpc) is 3.31. The summed E-state index contributed by atoms with van der Waals surface area (Å²) in [7, 11) is -3.22. The van der Waals surface area contributed by atoms with E-state index in [-0.39, 0.29) is 23.9 Å². The molecule has 1 amide bonds. The molecular weight excluding hydrogens is 392 g/mol. The number of nitrogens with zero attached hydrogens (tertiary/aromatic N) is 1. The molecule has 29 heavy (non-hydrogen) atoms. The summed E-state index contributed by atoms with van der Waals surface area (Å²) in [6, 6.07) is 12.5. The molecule has 0 aromatic heterocycles. The van der Waals surface area contributed by atoms with E-state index in [4.69, 9.17) is 9.47 Å². The first kappa shape index (κ1) is 19.6. The third-order valence-corrected chi connectivity index (χ3v) is 7.23. The van der Waals surface area contributed by atoms with Crippen molar-refractivity contribution in [1.29, 1.82) is 0 Å². The monoisotopic (exact) mass is 416 g/mol. The maximum absolute atomic E-state index is 12.6. The number of rotatable bonds is 5. The maximum Gasteiger partial charge on any atom is 0.251 e. The standard InChI is InChI=1S/C21H24N2O5S/c1-21(2,16-6-9-18-19(12-16)28-14-27-18)13-22-20(24)15-4-7-17(8-5-15)23-10-3-11-29(23,25)26/h4-9,12H,3,10-11,13-14H2,1-2H3,(H,22,24). The Kier molecular flexibility index (Phi) is 4.90. The number of carbonyl (C=O) groups is 1. The molecule has 2 aliphatic heterocycles. The molecule has 1 N–H and O–H groups in total. The summed E-state index contributed by atoms with van der Waals surface area (Å²) >= 11 is 0. The van der Waals surface area contributed by atoms with Crippen LogP contribution in [0.3, 0.4) is 0 Å². The molecule has 0 radical (unpaired) electrons. The van der Waals surface area contributed by atoms with Gasteiger partial charge in [-0.05, 0) is 48.4 Å². The van der Waals surface area contributed by atoms with Crippen molar-refractivity contribution in [3.63, 3.8) is 0 Å². The highest BCUT2D eigenvalue weighted by Gasteiger charge is 2.28. The van der Waals surface area contributed by atoms with Gasteiger partial charge in [-0.3, -0.25) is 9.10 Å². The Morgan fingerprint density at radius 2 is 1.83 bits per heavy atom. The summed E-state index contributed by atoms with van der Waals surface area (Å²) in [4.78, 5) is 12.6. The second-order valence-corrected chi connectivity index (χ2v) is 9.94. The zero-order chi connectivity index (χ0) is 20.6. The van der Waals surface area contributed by atoms with Crippen LogP contribution in [0.25, 0.3) is 0 Å². The van der Waals surface area contributed by atoms with Crippen LogP contribution in [0.2, 0.25) is 0 Å². The van der Waals surface area contributed by atoms with E-state index in [9.17, 15) is 13.2 Å². The van der Waals surface area contributed by atoms with E-state index in [2.05, 4.69) is 5.32 Å². The normalized spacial score (nSPS) is 17.4. The molecule has 0 saturated carbocycles. The van der Waals surface area contributed by atoms with E-state index in [0.717, 1.165) is 11.3 Å². The number of fused-ring (bicyclic) bond motifs is 1. The molecule has 2 aliphatic rings. The molecule has 0 aliphatic carbocycles. The van der Waals surface area contributed by atoms with Crippen molar-refractivity contribution < 1.29 is 22.7 Å². The number of amides is 1. The summed E-state index contributed by atoms with van der Waals surface area (Å²) in [6.07, 6.45) is 0.625. The number of benzene rings is 2. The number of anilines is 1. The number of ether oxygens (including phenoxy) is 2. The molecule has 0 bridgehead atoms. The van der Waals surface area contributed by atoms with E-state index in [1.54, 1.807) is 24.3 Å². The van der Waals surface area contributed by atoms with Crippen LogP contribution >= 0.6 is 0 Å². The first-order chi connectivity index (χ1) is 13.8. The quantitative estimate of drug-likeness (QED) is 0.810. The van der Waals surface area contributed by atoms with E-state index < -0.39 is 10.0 Å². The molecule has 0 spiro atoms. The van der Waals surface area contributed by atoms with Crippen LogP contribution in [-0.4, -0.2) is 40.0 Å². The molecular formula is C21H24N2O5S. The van der Waals surface area contributed by atoms with Crippen LogP contribution in [0.1, 0.15) is 36.2 Å². The summed E-state index contributed by atoms with van der Waals surface area (Å²) in [5.74, 6) is 1.42. The van der Waals surface area contributed by atoms with Gasteiger partial charge >= 0.3 is 0 Å². The largest absolute Gasteiger partial charge is 0.454 e. The lowest BCUT2D eigenvalue weighted by atomic mass is 9.84. The third-order valence-electron chi connectivity index (χ3n) is 5.36. The van der Waals surface area contributed by atoms with Crippen molar-refractivity contribution in [2.45, 2.75) is 25.7 Å². The van der Waals surface area contributed by atoms with Gasteiger partial charge in [0.15, 0.2) is 11.5 Å². The maximum atomic E-state index is 12.6. The topological polar surface area (TPSA) is 84.9 Å². The minimum Gasteiger partial charge on any atom is -0.454 e. The Balaban J connectivity index is 1.41. The molecule has 0 unspecified atom stereocenters. The van der Waals surface area contributed by atoms with Crippen molar-refractivity contribution in [3.05, 3.63) is 53.6 Å². The van der Waals surface area contributed by atoms with Gasteiger partial charge in [-0.25, -0.2) is 8.42 Å². The summed E-state index contributed by atoms with van der Waals surface area (Å²) in [5.41, 5.74) is 1.82. The van der Waals surface area contributed by atoms with Crippen LogP contribution in [0.5, 0.6) is 11.5 Å². The Hall–Kier alpha value is -2.74. The van der Waals surface area contributed by atoms with E-state index >= 15 is 0 Å². The molecule has 1 fully saturated rings. The van der Waals surface area contributed by atoms with E-state index in [1.807, 2.05) is 32.0 Å². The lowest BCUT2D eigenvalue weighted by molar-refractivity contribution is 0.0945. The average molecular weight is 416 g/mol. The highest BCUT2D eigenvalue weighted by atomic mass is 32.2. The number of nitrogens with one attached hydrogen (secondary N) is 1. The number of carbonyl (C=O) groups excluding carboxylic acids is 1. The van der Waals surface area contributed by atoms with Gasteiger partial charge in [0.2, 0.25) is 16.8 Å². The van der Waals surface area contributed by atoms with Crippen molar-refractivity contribution in [3.8, 4) is 11.5 Å². The Labute approximate surface area is 170 Å². The minimum atomic E-state index is -3.22. The zero-order valence-corrected chi connectivity index (χ0v) is 17.3. The van der Waals surface area contributed by atoms with Crippen molar-refractivity contribution in [1.82, 2.24) is 5.32 Å². The van der Waals surface area contributed by atoms with Gasteiger partial charge in [-0.1, -0.05) is 19.9 Å². The van der Waals surface area contributed by atoms with Gasteiger partial charge in [0.05, 0.1) is 11.4 Å². The highest BCUT2D eigenvalue weighted by Crippen LogP contribution is 2.36. The van der Waals surface area contributed by atoms with Crippen molar-refractivity contribution in [2.75, 3.05) is 29.9 Å². The second-order valence-electron chi connectivity index (χ2n) is 7.92. The lowest BCUT2D eigenvalue weighted by Crippen LogP contribution is -2.36. The molecule has 0 atom stereocenters. The fraction of sp³-hybridized carbons (Fsp3) is 0.381. The van der Waals surface area contributed by atoms with Crippen molar-refractivity contribution >= 4 is 21.6 Å². The van der Waals surface area contributed by atoms with Crippen LogP contribution in [-0.2, 0) is 15.4 Å². The molecule has 7 nitrogen and oxygen atoms in total. The van der Waals surface area contributed by atoms with E-state index in [0.29, 0.717) is 36.5 Å². The van der Waals surface area contributed by atoms with Gasteiger partial charge in [-0.2, -0.15) is 0 Å². The summed E-state index contributed by atoms with van der Waals surface area (Å²) in [6.45, 7) is 5.24. The van der Waals surface area contributed by atoms with Crippen LogP contribution < -0.4 is 19.1 Å². The fourth-order valence-electron chi connectivity index (χ4n) is 3.53. The molecule has 1 saturated heterocycles. The van der Waals surface area contributed by atoms with Gasteiger partial charge < -0.3 is 14.8 Å². The Morgan fingerprint density at radius 1 is 1.10 bits per heavy atom. The summed E-state index contributed by atoms with van der Waals surface area (Å²) in [5, 5.41) is 2.97. The second kappa shape index (κ2) is 7.26. The SMILES string of the molecule is CC(C)(CNC(=O)c1ccc(N2CCCS2(=O)=O)cc1)c1ccc2c(c1)OCO2. The van der Waals surface area contributed by atoms with Crippen LogP contribution in [0, 0.1) is 0 Å². The molecule has 8 heteroatoms. The van der Waals surface area contributed by atoms with Gasteiger partial charge in [-0.15, -0.1) is 0 Å². The third kappa shape index (κ3) is 3.89. The fourth-order valence-corrected chi connectivity index (χ4v) is 5.10. The number of hydrogen-bond donors (Lipinski definition) is 1. The first-order valence-corrected chi connectivity index (χ1v) is 11.2. The Morgan fingerprint density at radius 3 is 2.52 bits per heavy atom. The molecule has 154 valence electrons. The van der Waals surface area contributed by atoms with Gasteiger partial charge in [0, 0.05) is 24.1 Å². The first-order valence-electron chi connectivity index (χ1n) is 9.55. The highest BCUT2D eigenvalue weighted by molar-refractivity contribution is 7.93. The minimum absolute atomic E-state index is 0.171. The Bertz CT molecular complexity index is 1030. The van der Waals surface area contributed by atoms with E-state index in [1.165, 1.54) is 4.31 Å². The van der Waals surface area contributed by atoms with Crippen LogP contribution in [0.15, 0.2) is 42.5 Å². The number of hydrogen-bond acceptors (Lipinski definition) is 5. The summed E-state index contributed by atoms with van der Waals surface area (Å²) < 4.78 is 36.2. The van der Waals surface area contributed by atoms with Crippen molar-refractivity contribution in [2.24, 2.45) is 0 Å². The molecule has 2 aromatic rings. The number of sulfonamides is 1. The van der Waals surface area contributed by atoms with Crippen LogP contribution in [0.4, 0.5) is 5.69 Å².